The molecule has 2 rings (SSSR count). The molecule has 1 aliphatic rings. The van der Waals surface area contributed by atoms with Gasteiger partial charge in [0.25, 0.3) is 0 Å². The van der Waals surface area contributed by atoms with Crippen molar-refractivity contribution in [2.24, 2.45) is 0 Å². The Kier molecular flexibility index (Phi) is 4.34. The lowest BCUT2D eigenvalue weighted by molar-refractivity contribution is -0.117. The van der Waals surface area contributed by atoms with Crippen molar-refractivity contribution in [3.63, 3.8) is 0 Å². The van der Waals surface area contributed by atoms with E-state index >= 15 is 0 Å². The van der Waals surface area contributed by atoms with Gasteiger partial charge in [-0.3, -0.25) is 9.69 Å². The lowest BCUT2D eigenvalue weighted by Crippen LogP contribution is -2.32. The van der Waals surface area contributed by atoms with Crippen LogP contribution < -0.4 is 11.1 Å². The van der Waals surface area contributed by atoms with E-state index in [-0.39, 0.29) is 18.6 Å². The third-order valence-corrected chi connectivity index (χ3v) is 3.22. The molecule has 0 spiro atoms. The normalized spacial score (nSPS) is 19.6. The first-order valence-electron chi connectivity index (χ1n) is 6.18. The second-order valence-electron chi connectivity index (χ2n) is 4.66. The third kappa shape index (κ3) is 3.65. The zero-order valence-corrected chi connectivity index (χ0v) is 10.9. The molecule has 5 nitrogen and oxygen atoms in total. The van der Waals surface area contributed by atoms with Gasteiger partial charge in [0.1, 0.15) is 5.82 Å². The van der Waals surface area contributed by atoms with Crippen LogP contribution in [0.1, 0.15) is 6.42 Å². The number of methoxy groups -OCH3 is 1. The molecule has 104 valence electrons. The summed E-state index contributed by atoms with van der Waals surface area (Å²) in [4.78, 5) is 13.9. The minimum atomic E-state index is -0.426. The maximum absolute atomic E-state index is 13.1. The number of nitrogens with zero attached hydrogens (tertiary/aromatic N) is 1. The number of ether oxygens (including phenoxy) is 1. The summed E-state index contributed by atoms with van der Waals surface area (Å²) in [5.74, 6) is -0.626. The van der Waals surface area contributed by atoms with Gasteiger partial charge in [0.2, 0.25) is 5.91 Å². The van der Waals surface area contributed by atoms with Crippen LogP contribution >= 0.6 is 0 Å². The molecule has 3 N–H and O–H groups in total. The fraction of sp³-hybridized carbons (Fsp3) is 0.462. The molecule has 0 saturated carbocycles. The highest BCUT2D eigenvalue weighted by molar-refractivity contribution is 5.95. The molecule has 1 amide bonds. The average Bonchev–Trinajstić information content (AvgIpc) is 2.81. The number of hydrogen-bond donors (Lipinski definition) is 2. The lowest BCUT2D eigenvalue weighted by atomic mass is 10.2. The third-order valence-electron chi connectivity index (χ3n) is 3.22. The van der Waals surface area contributed by atoms with Crippen LogP contribution in [-0.4, -0.2) is 43.7 Å². The van der Waals surface area contributed by atoms with Crippen LogP contribution in [0.2, 0.25) is 0 Å². The van der Waals surface area contributed by atoms with E-state index in [4.69, 9.17) is 10.5 Å². The molecule has 1 aromatic carbocycles. The molecule has 0 radical (unpaired) electrons. The van der Waals surface area contributed by atoms with Crippen molar-refractivity contribution < 1.29 is 13.9 Å². The molecular weight excluding hydrogens is 249 g/mol. The minimum Gasteiger partial charge on any atom is -0.397 e. The molecule has 19 heavy (non-hydrogen) atoms. The van der Waals surface area contributed by atoms with E-state index in [2.05, 4.69) is 5.32 Å². The molecule has 1 fully saturated rings. The largest absolute Gasteiger partial charge is 0.397 e. The van der Waals surface area contributed by atoms with Crippen LogP contribution in [0.5, 0.6) is 0 Å². The van der Waals surface area contributed by atoms with E-state index < -0.39 is 5.82 Å². The van der Waals surface area contributed by atoms with Crippen molar-refractivity contribution >= 4 is 17.3 Å². The molecule has 1 saturated heterocycles. The van der Waals surface area contributed by atoms with Gasteiger partial charge >= 0.3 is 0 Å². The zero-order valence-electron chi connectivity index (χ0n) is 10.9. The number of rotatable bonds is 4. The first-order valence-corrected chi connectivity index (χ1v) is 6.18. The van der Waals surface area contributed by atoms with Crippen molar-refractivity contribution in [2.45, 2.75) is 12.5 Å². The van der Waals surface area contributed by atoms with Crippen LogP contribution in [0.3, 0.4) is 0 Å². The van der Waals surface area contributed by atoms with Gasteiger partial charge in [-0.25, -0.2) is 4.39 Å². The van der Waals surface area contributed by atoms with Crippen LogP contribution in [0.15, 0.2) is 18.2 Å². The van der Waals surface area contributed by atoms with Crippen molar-refractivity contribution in [3.05, 3.63) is 24.0 Å². The topological polar surface area (TPSA) is 67.6 Å². The molecule has 0 aliphatic carbocycles. The molecular formula is C13H18FN3O2. The van der Waals surface area contributed by atoms with E-state index in [0.717, 1.165) is 19.5 Å². The Labute approximate surface area is 111 Å². The number of nitrogens with two attached hydrogens (primary N) is 1. The second-order valence-corrected chi connectivity index (χ2v) is 4.66. The Morgan fingerprint density at radius 3 is 3.11 bits per heavy atom. The van der Waals surface area contributed by atoms with E-state index in [1.165, 1.54) is 18.2 Å². The number of hydrogen-bond acceptors (Lipinski definition) is 4. The van der Waals surface area contributed by atoms with Gasteiger partial charge in [-0.05, 0) is 24.6 Å². The number of halogens is 1. The van der Waals surface area contributed by atoms with Crippen LogP contribution in [0.25, 0.3) is 0 Å². The summed E-state index contributed by atoms with van der Waals surface area (Å²) < 4.78 is 18.3. The number of nitrogens with one attached hydrogen (secondary N) is 1. The fourth-order valence-electron chi connectivity index (χ4n) is 2.16. The summed E-state index contributed by atoms with van der Waals surface area (Å²) in [6.07, 6.45) is 1.11. The van der Waals surface area contributed by atoms with E-state index in [1.807, 2.05) is 4.90 Å². The zero-order chi connectivity index (χ0) is 13.8. The van der Waals surface area contributed by atoms with Crippen molar-refractivity contribution in [1.29, 1.82) is 0 Å². The lowest BCUT2D eigenvalue weighted by Gasteiger charge is -2.15. The number of carbonyl (C=O) groups excluding carboxylic acids is 1. The van der Waals surface area contributed by atoms with Crippen molar-refractivity contribution in [2.75, 3.05) is 37.8 Å². The highest BCUT2D eigenvalue weighted by Crippen LogP contribution is 2.19. The quantitative estimate of drug-likeness (QED) is 0.801. The first kappa shape index (κ1) is 13.8. The summed E-state index contributed by atoms with van der Waals surface area (Å²) in [6.45, 7) is 1.82. The van der Waals surface area contributed by atoms with E-state index in [0.29, 0.717) is 11.4 Å². The summed E-state index contributed by atoms with van der Waals surface area (Å²) in [6, 6.07) is 3.91. The summed E-state index contributed by atoms with van der Waals surface area (Å²) >= 11 is 0. The van der Waals surface area contributed by atoms with Crippen LogP contribution in [0.4, 0.5) is 15.8 Å². The molecule has 1 aromatic rings. The Bertz CT molecular complexity index is 467. The monoisotopic (exact) mass is 267 g/mol. The molecule has 1 aliphatic heterocycles. The number of likely N-dealkylation sites (tertiary alicyclic amines) is 1. The standard InChI is InChI=1S/C13H18FN3O2/c1-19-10-4-5-17(7-10)8-13(18)16-12-6-9(14)2-3-11(12)15/h2-3,6,10H,4-5,7-8,15H2,1H3,(H,16,18). The number of anilines is 2. The highest BCUT2D eigenvalue weighted by Gasteiger charge is 2.23. The number of carbonyl (C=O) groups is 1. The number of amides is 1. The van der Waals surface area contributed by atoms with Gasteiger partial charge in [-0.1, -0.05) is 0 Å². The van der Waals surface area contributed by atoms with Gasteiger partial charge in [0.05, 0.1) is 24.0 Å². The second kappa shape index (κ2) is 5.99. The van der Waals surface area contributed by atoms with Crippen LogP contribution in [0, 0.1) is 5.82 Å². The Hall–Kier alpha value is -1.66. The maximum Gasteiger partial charge on any atom is 0.238 e. The maximum atomic E-state index is 13.1. The van der Waals surface area contributed by atoms with Crippen molar-refractivity contribution in [3.8, 4) is 0 Å². The average molecular weight is 267 g/mol. The van der Waals surface area contributed by atoms with Gasteiger partial charge in [-0.2, -0.15) is 0 Å². The van der Waals surface area contributed by atoms with E-state index in [9.17, 15) is 9.18 Å². The molecule has 1 unspecified atom stereocenters. The fourth-order valence-corrected chi connectivity index (χ4v) is 2.16. The highest BCUT2D eigenvalue weighted by atomic mass is 19.1. The Morgan fingerprint density at radius 2 is 2.42 bits per heavy atom. The Balaban J connectivity index is 1.89. The molecule has 0 aromatic heterocycles. The van der Waals surface area contributed by atoms with Crippen LogP contribution in [-0.2, 0) is 9.53 Å². The summed E-state index contributed by atoms with van der Waals surface area (Å²) in [7, 11) is 1.67. The predicted octanol–water partition coefficient (Wildman–Crippen LogP) is 1.07. The first-order chi connectivity index (χ1) is 9.08. The minimum absolute atomic E-state index is 0.187. The number of benzene rings is 1. The summed E-state index contributed by atoms with van der Waals surface area (Å²) in [5.41, 5.74) is 6.34. The molecule has 1 atom stereocenters. The molecule has 1 heterocycles. The van der Waals surface area contributed by atoms with Gasteiger partial charge in [0.15, 0.2) is 0 Å². The molecule has 0 bridgehead atoms. The summed E-state index contributed by atoms with van der Waals surface area (Å²) in [5, 5.41) is 2.62. The SMILES string of the molecule is COC1CCN(CC(=O)Nc2cc(F)ccc2N)C1. The van der Waals surface area contributed by atoms with Gasteiger partial charge < -0.3 is 15.8 Å². The predicted molar refractivity (Wildman–Crippen MR) is 71.3 cm³/mol. The molecule has 6 heteroatoms. The van der Waals surface area contributed by atoms with Crippen molar-refractivity contribution in [1.82, 2.24) is 4.90 Å². The van der Waals surface area contributed by atoms with Gasteiger partial charge in [-0.15, -0.1) is 0 Å². The van der Waals surface area contributed by atoms with E-state index in [1.54, 1.807) is 7.11 Å². The van der Waals surface area contributed by atoms with Gasteiger partial charge in [0, 0.05) is 20.2 Å². The smallest absolute Gasteiger partial charge is 0.238 e. The number of nitrogen functional groups attached to an aromatic ring is 1. The Morgan fingerprint density at radius 1 is 1.63 bits per heavy atom.